The van der Waals surface area contributed by atoms with Gasteiger partial charge in [0.2, 0.25) is 0 Å². The number of hydrazine groups is 1. The average Bonchev–Trinajstić information content (AvgIpc) is 1.88. The molecule has 0 saturated heterocycles. The van der Waals surface area contributed by atoms with Crippen LogP contribution in [0.5, 0.6) is 0 Å². The van der Waals surface area contributed by atoms with Crippen molar-refractivity contribution < 1.29 is 4.74 Å². The Kier molecular flexibility index (Phi) is 5.19. The van der Waals surface area contributed by atoms with Crippen LogP contribution in [0.1, 0.15) is 6.92 Å². The van der Waals surface area contributed by atoms with Crippen molar-refractivity contribution in [3.63, 3.8) is 0 Å². The lowest BCUT2D eigenvalue weighted by atomic mass is 10.4. The van der Waals surface area contributed by atoms with Crippen LogP contribution in [0, 0.1) is 0 Å². The van der Waals surface area contributed by atoms with Crippen molar-refractivity contribution in [3.8, 4) is 0 Å². The molecule has 1 atom stereocenters. The van der Waals surface area contributed by atoms with E-state index in [9.17, 15) is 0 Å². The zero-order chi connectivity index (χ0) is 7.98. The molecule has 0 aliphatic heterocycles. The molecule has 0 radical (unpaired) electrons. The fraction of sp³-hybridized carbons (Fsp3) is 0.800. The van der Waals surface area contributed by atoms with E-state index >= 15 is 0 Å². The van der Waals surface area contributed by atoms with Crippen LogP contribution >= 0.6 is 12.2 Å². The van der Waals surface area contributed by atoms with Gasteiger partial charge in [0, 0.05) is 13.2 Å². The van der Waals surface area contributed by atoms with Crippen LogP contribution in [0.2, 0.25) is 0 Å². The second kappa shape index (κ2) is 5.40. The van der Waals surface area contributed by atoms with Crippen LogP contribution in [0.3, 0.4) is 0 Å². The summed E-state index contributed by atoms with van der Waals surface area (Å²) in [5, 5.41) is 3.34. The highest BCUT2D eigenvalue weighted by atomic mass is 32.1. The first-order valence-electron chi connectivity index (χ1n) is 2.96. The highest BCUT2D eigenvalue weighted by Gasteiger charge is 2.00. The quantitative estimate of drug-likeness (QED) is 0.293. The van der Waals surface area contributed by atoms with Gasteiger partial charge in [-0.05, 0) is 19.1 Å². The average molecular weight is 163 g/mol. The lowest BCUT2D eigenvalue weighted by molar-refractivity contribution is 0.179. The molecule has 0 amide bonds. The fourth-order valence-corrected chi connectivity index (χ4v) is 0.758. The molecule has 0 fully saturated rings. The van der Waals surface area contributed by atoms with Crippen LogP contribution in [0.4, 0.5) is 0 Å². The van der Waals surface area contributed by atoms with E-state index < -0.39 is 0 Å². The summed E-state index contributed by atoms with van der Waals surface area (Å²) in [5.74, 6) is 5.02. The number of nitrogens with one attached hydrogen (secondary N) is 2. The monoisotopic (exact) mass is 163 g/mol. The second-order valence-corrected chi connectivity index (χ2v) is 2.38. The maximum absolute atomic E-state index is 5.02. The molecular formula is C5H13N3OS. The number of rotatable bonds is 3. The largest absolute Gasteiger partial charge is 0.383 e. The Morgan fingerprint density at radius 1 is 1.80 bits per heavy atom. The summed E-state index contributed by atoms with van der Waals surface area (Å²) in [4.78, 5) is 0. The molecule has 0 unspecified atom stereocenters. The van der Waals surface area contributed by atoms with Crippen LogP contribution in [-0.2, 0) is 4.74 Å². The Labute approximate surface area is 66.1 Å². The van der Waals surface area contributed by atoms with Crippen LogP contribution in [0.25, 0.3) is 0 Å². The molecule has 4 N–H and O–H groups in total. The summed E-state index contributed by atoms with van der Waals surface area (Å²) >= 11 is 4.74. The first-order valence-corrected chi connectivity index (χ1v) is 3.37. The Morgan fingerprint density at radius 2 is 2.40 bits per heavy atom. The minimum Gasteiger partial charge on any atom is -0.383 e. The molecule has 5 heteroatoms. The number of methoxy groups -OCH3 is 1. The van der Waals surface area contributed by atoms with Gasteiger partial charge in [-0.15, -0.1) is 0 Å². The van der Waals surface area contributed by atoms with Crippen molar-refractivity contribution in [2.45, 2.75) is 13.0 Å². The summed E-state index contributed by atoms with van der Waals surface area (Å²) in [7, 11) is 1.64. The first kappa shape index (κ1) is 9.61. The predicted molar refractivity (Wildman–Crippen MR) is 44.4 cm³/mol. The minimum absolute atomic E-state index is 0.188. The molecule has 10 heavy (non-hydrogen) atoms. The smallest absolute Gasteiger partial charge is 0.180 e. The van der Waals surface area contributed by atoms with Crippen molar-refractivity contribution in [1.82, 2.24) is 10.7 Å². The van der Waals surface area contributed by atoms with E-state index in [4.69, 9.17) is 22.8 Å². The number of nitrogens with two attached hydrogens (primary N) is 1. The lowest BCUT2D eigenvalue weighted by Gasteiger charge is -2.13. The van der Waals surface area contributed by atoms with Gasteiger partial charge in [0.05, 0.1) is 6.61 Å². The number of hydrogen-bond acceptors (Lipinski definition) is 3. The Morgan fingerprint density at radius 3 is 2.80 bits per heavy atom. The SMILES string of the molecule is COC[C@@H](C)NC(=S)NN. The molecule has 0 aliphatic rings. The van der Waals surface area contributed by atoms with Crippen LogP contribution < -0.4 is 16.6 Å². The molecule has 4 nitrogen and oxygen atoms in total. The van der Waals surface area contributed by atoms with E-state index in [1.807, 2.05) is 6.92 Å². The Bertz CT molecular complexity index is 109. The highest BCUT2D eigenvalue weighted by molar-refractivity contribution is 7.80. The first-order chi connectivity index (χ1) is 4.70. The lowest BCUT2D eigenvalue weighted by Crippen LogP contribution is -2.45. The second-order valence-electron chi connectivity index (χ2n) is 1.97. The summed E-state index contributed by atoms with van der Waals surface area (Å²) in [6.07, 6.45) is 0. The Balaban J connectivity index is 3.37. The molecule has 0 spiro atoms. The molecule has 0 aromatic carbocycles. The van der Waals surface area contributed by atoms with Gasteiger partial charge in [-0.2, -0.15) is 0 Å². The maximum atomic E-state index is 5.02. The molecule has 0 bridgehead atoms. The third-order valence-corrected chi connectivity index (χ3v) is 1.16. The van der Waals surface area contributed by atoms with Crippen molar-refractivity contribution in [3.05, 3.63) is 0 Å². The van der Waals surface area contributed by atoms with Gasteiger partial charge in [0.1, 0.15) is 0 Å². The number of thiocarbonyl (C=S) groups is 1. The summed E-state index contributed by atoms with van der Waals surface area (Å²) in [6, 6.07) is 0.188. The molecule has 0 saturated carbocycles. The van der Waals surface area contributed by atoms with Crippen molar-refractivity contribution >= 4 is 17.3 Å². The van der Waals surface area contributed by atoms with E-state index in [1.165, 1.54) is 0 Å². The van der Waals surface area contributed by atoms with E-state index in [2.05, 4.69) is 10.7 Å². The van der Waals surface area contributed by atoms with E-state index in [0.29, 0.717) is 11.7 Å². The predicted octanol–water partition coefficient (Wildman–Crippen LogP) is -0.641. The molecule has 0 aliphatic carbocycles. The highest BCUT2D eigenvalue weighted by Crippen LogP contribution is 1.80. The molecule has 0 heterocycles. The number of ether oxygens (including phenoxy) is 1. The van der Waals surface area contributed by atoms with E-state index in [-0.39, 0.29) is 6.04 Å². The van der Waals surface area contributed by atoms with Crippen molar-refractivity contribution in [1.29, 1.82) is 0 Å². The van der Waals surface area contributed by atoms with Gasteiger partial charge in [-0.1, -0.05) is 0 Å². The van der Waals surface area contributed by atoms with E-state index in [0.717, 1.165) is 0 Å². The Hall–Kier alpha value is -0.390. The van der Waals surface area contributed by atoms with Gasteiger partial charge in [-0.25, -0.2) is 5.84 Å². The fourth-order valence-electron chi connectivity index (χ4n) is 0.557. The molecule has 60 valence electrons. The van der Waals surface area contributed by atoms with Gasteiger partial charge in [0.15, 0.2) is 5.11 Å². The summed E-state index contributed by atoms with van der Waals surface area (Å²) < 4.78 is 4.86. The van der Waals surface area contributed by atoms with Gasteiger partial charge in [0.25, 0.3) is 0 Å². The van der Waals surface area contributed by atoms with Gasteiger partial charge < -0.3 is 15.5 Å². The zero-order valence-electron chi connectivity index (χ0n) is 6.18. The molecule has 0 aromatic rings. The normalized spacial score (nSPS) is 12.3. The maximum Gasteiger partial charge on any atom is 0.180 e. The molecule has 0 aromatic heterocycles. The summed E-state index contributed by atoms with van der Waals surface area (Å²) in [5.41, 5.74) is 2.32. The van der Waals surface area contributed by atoms with E-state index in [1.54, 1.807) is 7.11 Å². The number of hydrogen-bond donors (Lipinski definition) is 3. The van der Waals surface area contributed by atoms with Crippen molar-refractivity contribution in [2.24, 2.45) is 5.84 Å². The van der Waals surface area contributed by atoms with Crippen molar-refractivity contribution in [2.75, 3.05) is 13.7 Å². The topological polar surface area (TPSA) is 59.3 Å². The van der Waals surface area contributed by atoms with Gasteiger partial charge in [-0.3, -0.25) is 0 Å². The van der Waals surface area contributed by atoms with Crippen LogP contribution in [-0.4, -0.2) is 24.9 Å². The molecule has 0 rings (SSSR count). The zero-order valence-corrected chi connectivity index (χ0v) is 6.99. The third kappa shape index (κ3) is 4.49. The third-order valence-electron chi connectivity index (χ3n) is 0.925. The standard InChI is InChI=1S/C5H13N3OS/c1-4(3-9-2)7-5(10)8-6/h4H,3,6H2,1-2H3,(H2,7,8,10)/t4-/m1/s1. The molecular weight excluding hydrogens is 150 g/mol. The minimum atomic E-state index is 0.188. The summed E-state index contributed by atoms with van der Waals surface area (Å²) in [6.45, 7) is 2.56. The van der Waals surface area contributed by atoms with Gasteiger partial charge >= 0.3 is 0 Å². The van der Waals surface area contributed by atoms with Crippen LogP contribution in [0.15, 0.2) is 0 Å².